The Bertz CT molecular complexity index is 2340. The molecule has 5 N–H and O–H groups in total. The molecule has 16 heteroatoms. The van der Waals surface area contributed by atoms with Gasteiger partial charge in [0, 0.05) is 91.8 Å². The fourth-order valence-electron chi connectivity index (χ4n) is 10.00. The van der Waals surface area contributed by atoms with E-state index in [-0.39, 0.29) is 34.7 Å². The number of carbonyl (C=O) groups is 4. The molecule has 72 heavy (non-hydrogen) atoms. The highest BCUT2D eigenvalue weighted by molar-refractivity contribution is 7.80. The Hall–Kier alpha value is -5.00. The number of hydrazine groups is 1. The number of nitrogens with zero attached hydrogens (tertiary/aromatic N) is 6. The summed E-state index contributed by atoms with van der Waals surface area (Å²) in [6.45, 7) is 34.8. The van der Waals surface area contributed by atoms with Crippen molar-refractivity contribution in [2.24, 2.45) is 28.8 Å². The third-order valence-electron chi connectivity index (χ3n) is 14.3. The average Bonchev–Trinajstić information content (AvgIpc) is 3.65. The van der Waals surface area contributed by atoms with Crippen molar-refractivity contribution in [2.75, 3.05) is 78.4 Å². The van der Waals surface area contributed by atoms with Crippen LogP contribution < -0.4 is 17.0 Å². The summed E-state index contributed by atoms with van der Waals surface area (Å²) in [4.78, 5) is 58.6. The number of hydrogen-bond donors (Lipinski definition) is 4. The molecule has 2 saturated heterocycles. The molecule has 1 aromatic carbocycles. The van der Waals surface area contributed by atoms with E-state index >= 15 is 0 Å². The highest BCUT2D eigenvalue weighted by atomic mass is 32.1. The predicted molar refractivity (Wildman–Crippen MR) is 295 cm³/mol. The topological polar surface area (TPSA) is 182 Å². The molecule has 2 fully saturated rings. The Morgan fingerprint density at radius 2 is 1.81 bits per heavy atom. The third kappa shape index (κ3) is 15.5. The maximum Gasteiger partial charge on any atom is 0.320 e. The van der Waals surface area contributed by atoms with Crippen molar-refractivity contribution in [3.05, 3.63) is 84.4 Å². The van der Waals surface area contributed by atoms with E-state index in [9.17, 15) is 19.2 Å². The Morgan fingerprint density at radius 1 is 1.10 bits per heavy atom. The number of benzene rings is 1. The number of nitrogens with one attached hydrogen (secondary N) is 1. The molecule has 3 aliphatic rings. The standard InChI is InChI=1S/C32H43N3O2S.C17H28N4O3.C7H16N2O/c1-6-23(3)30-26(11-8-14-33-30)31-28(19-32(4,5)21-37-22-36)27-18-24(12-13-29(27)35(31)7-2)25-10-9-15-34(20-25)16-17-38;1-6-13(4)20-7-8-24-17(9-20)10-21(11-17)16(23)19(5)14(12(2)3)15(18)22;1-6(7(2)10)4-3-5-9-8/h8,10-14,18,22-23,38H,6-7,9,15-17,19-21H2,1-5H3;6,12,14H,1,4,7-11H2,2-3,5H3,(H2,18,22);6,9H,3-5,8H2,1-2H3. The van der Waals surface area contributed by atoms with Gasteiger partial charge in [0.05, 0.1) is 44.2 Å². The molecule has 6 rings (SSSR count). The Balaban J connectivity index is 0.000000281. The second kappa shape index (κ2) is 27.9. The van der Waals surface area contributed by atoms with Gasteiger partial charge in [-0.25, -0.2) is 4.79 Å². The first-order chi connectivity index (χ1) is 34.2. The van der Waals surface area contributed by atoms with E-state index in [0.717, 1.165) is 88.5 Å². The molecule has 3 amide bonds. The number of ether oxygens (including phenoxy) is 2. The number of hydrogen-bond acceptors (Lipinski definition) is 12. The fourth-order valence-corrected chi connectivity index (χ4v) is 10.3. The molecule has 2 aromatic heterocycles. The lowest BCUT2D eigenvalue weighted by atomic mass is 9.83. The molecule has 1 spiro atoms. The van der Waals surface area contributed by atoms with Gasteiger partial charge in [0.25, 0.3) is 6.47 Å². The Labute approximate surface area is 436 Å². The largest absolute Gasteiger partial charge is 0.467 e. The second-order valence-corrected chi connectivity index (χ2v) is 21.4. The number of likely N-dealkylation sites (N-methyl/N-ethyl adjacent to an activating group) is 1. The maximum atomic E-state index is 12.6. The Morgan fingerprint density at radius 3 is 2.40 bits per heavy atom. The smallest absolute Gasteiger partial charge is 0.320 e. The third-order valence-corrected chi connectivity index (χ3v) is 14.5. The van der Waals surface area contributed by atoms with E-state index in [2.05, 4.69) is 117 Å². The van der Waals surface area contributed by atoms with Crippen LogP contribution in [0.25, 0.3) is 27.7 Å². The molecule has 3 unspecified atom stereocenters. The summed E-state index contributed by atoms with van der Waals surface area (Å²) in [6, 6.07) is 10.5. The number of primary amides is 1. The number of pyridine rings is 1. The van der Waals surface area contributed by atoms with E-state index in [1.54, 1.807) is 24.9 Å². The van der Waals surface area contributed by atoms with Gasteiger partial charge in [0.15, 0.2) is 0 Å². The van der Waals surface area contributed by atoms with E-state index in [4.69, 9.17) is 26.0 Å². The number of aromatic nitrogens is 2. The van der Waals surface area contributed by atoms with Crippen LogP contribution in [0.4, 0.5) is 4.79 Å². The number of amides is 3. The van der Waals surface area contributed by atoms with Crippen LogP contribution >= 0.6 is 12.6 Å². The molecular formula is C56H87N9O6S. The van der Waals surface area contributed by atoms with Crippen LogP contribution in [0.3, 0.4) is 0 Å². The first kappa shape index (κ1) is 59.6. The van der Waals surface area contributed by atoms with Gasteiger partial charge in [0.2, 0.25) is 5.91 Å². The van der Waals surface area contributed by atoms with Gasteiger partial charge in [-0.3, -0.25) is 35.5 Å². The van der Waals surface area contributed by atoms with E-state index in [1.807, 2.05) is 27.0 Å². The van der Waals surface area contributed by atoms with Crippen LogP contribution in [0.2, 0.25) is 0 Å². The normalized spacial score (nSPS) is 16.8. The summed E-state index contributed by atoms with van der Waals surface area (Å²) in [5, 5.41) is 1.28. The van der Waals surface area contributed by atoms with Crippen molar-refractivity contribution in [3.8, 4) is 11.3 Å². The van der Waals surface area contributed by atoms with Crippen molar-refractivity contribution in [3.63, 3.8) is 0 Å². The number of likely N-dealkylation sites (tertiary alicyclic amines) is 1. The minimum absolute atomic E-state index is 0.0379. The van der Waals surface area contributed by atoms with Crippen LogP contribution in [-0.2, 0) is 36.8 Å². The van der Waals surface area contributed by atoms with E-state index in [1.165, 1.54) is 43.8 Å². The maximum absolute atomic E-state index is 12.6. The average molecular weight is 1010 g/mol. The lowest BCUT2D eigenvalue weighted by Crippen LogP contribution is -2.72. The summed E-state index contributed by atoms with van der Waals surface area (Å²) >= 11 is 4.46. The minimum atomic E-state index is -0.613. The summed E-state index contributed by atoms with van der Waals surface area (Å²) < 4.78 is 13.6. The monoisotopic (exact) mass is 1010 g/mol. The Kier molecular flexibility index (Phi) is 23.1. The summed E-state index contributed by atoms with van der Waals surface area (Å²) in [7, 11) is 1.62. The SMILES string of the molecule is C=CC(=C)N1CCOC2(C1)CN(C(=O)N(C)C(C(N)=O)C(C)C)C2.CC(=O)C(C)CCCNN.CCC(C)c1ncccc1-c1c(CC(C)(C)COC=O)c2cc(C3=CCCN(CCS)C3)ccc2n1CC. The zero-order valence-electron chi connectivity index (χ0n) is 45.2. The molecule has 0 aliphatic carbocycles. The molecule has 15 nitrogen and oxygen atoms in total. The molecular weight excluding hydrogens is 927 g/mol. The first-order valence-electron chi connectivity index (χ1n) is 25.9. The van der Waals surface area contributed by atoms with Crippen LogP contribution in [0.5, 0.6) is 0 Å². The molecule has 398 valence electrons. The van der Waals surface area contributed by atoms with Gasteiger partial charge in [-0.1, -0.05) is 73.8 Å². The molecule has 0 saturated carbocycles. The van der Waals surface area contributed by atoms with Gasteiger partial charge in [0.1, 0.15) is 17.4 Å². The number of fused-ring (bicyclic) bond motifs is 1. The summed E-state index contributed by atoms with van der Waals surface area (Å²) in [6.07, 6.45) is 10.8. The van der Waals surface area contributed by atoms with E-state index < -0.39 is 11.9 Å². The molecule has 3 aromatic rings. The summed E-state index contributed by atoms with van der Waals surface area (Å²) in [5.74, 6) is 6.21. The van der Waals surface area contributed by atoms with Crippen molar-refractivity contribution < 1.29 is 28.7 Å². The zero-order chi connectivity index (χ0) is 53.3. The summed E-state index contributed by atoms with van der Waals surface area (Å²) in [5.41, 5.74) is 17.1. The highest BCUT2D eigenvalue weighted by Crippen LogP contribution is 2.42. The van der Waals surface area contributed by atoms with Gasteiger partial charge in [-0.15, -0.1) is 0 Å². The molecule has 0 radical (unpaired) electrons. The molecule has 3 aliphatic heterocycles. The van der Waals surface area contributed by atoms with Crippen molar-refractivity contribution in [1.82, 2.24) is 34.6 Å². The number of morpholine rings is 1. The minimum Gasteiger partial charge on any atom is -0.467 e. The number of nitrogens with two attached hydrogens (primary N) is 2. The number of urea groups is 1. The number of aryl methyl sites for hydroxylation is 1. The van der Waals surface area contributed by atoms with Crippen molar-refractivity contribution >= 4 is 53.3 Å². The number of ketones is 1. The van der Waals surface area contributed by atoms with Crippen LogP contribution in [0, 0.1) is 17.3 Å². The van der Waals surface area contributed by atoms with Gasteiger partial charge >= 0.3 is 6.03 Å². The predicted octanol–water partition coefficient (Wildman–Crippen LogP) is 8.09. The van der Waals surface area contributed by atoms with Gasteiger partial charge < -0.3 is 34.5 Å². The number of rotatable bonds is 22. The van der Waals surface area contributed by atoms with Crippen molar-refractivity contribution in [2.45, 2.75) is 119 Å². The van der Waals surface area contributed by atoms with Gasteiger partial charge in [-0.05, 0) is 105 Å². The quantitative estimate of drug-likeness (QED) is 0.0191. The molecule has 5 heterocycles. The van der Waals surface area contributed by atoms with E-state index in [0.29, 0.717) is 45.2 Å². The first-order valence-corrected chi connectivity index (χ1v) is 26.5. The number of allylic oxidation sites excluding steroid dienone is 1. The van der Waals surface area contributed by atoms with Gasteiger partial charge in [-0.2, -0.15) is 12.6 Å². The highest BCUT2D eigenvalue weighted by Gasteiger charge is 2.50. The van der Waals surface area contributed by atoms with Crippen LogP contribution in [0.15, 0.2) is 67.5 Å². The van der Waals surface area contributed by atoms with Crippen LogP contribution in [0.1, 0.15) is 111 Å². The second-order valence-electron chi connectivity index (χ2n) is 20.9. The zero-order valence-corrected chi connectivity index (χ0v) is 46.1. The van der Waals surface area contributed by atoms with Crippen molar-refractivity contribution in [1.29, 1.82) is 0 Å². The number of carbonyl (C=O) groups excluding carboxylic acids is 4. The lowest BCUT2D eigenvalue weighted by molar-refractivity contribution is -0.167. The molecule has 3 atom stereocenters. The number of Topliss-reactive ketones (excluding diaryl/α,β-unsaturated/α-hetero) is 1. The lowest BCUT2D eigenvalue weighted by Gasteiger charge is -2.55. The molecule has 0 bridgehead atoms. The fraction of sp³-hybridized carbons (Fsp3) is 0.589. The van der Waals surface area contributed by atoms with Crippen LogP contribution in [-0.4, -0.2) is 143 Å². The number of thiol groups is 1.